The van der Waals surface area contributed by atoms with Crippen molar-refractivity contribution in [2.75, 3.05) is 0 Å². The van der Waals surface area contributed by atoms with Gasteiger partial charge in [-0.1, -0.05) is 17.2 Å². The van der Waals surface area contributed by atoms with Crippen LogP contribution in [0.25, 0.3) is 0 Å². The Hall–Kier alpha value is -2.90. The molecule has 3 rings (SSSR count). The lowest BCUT2D eigenvalue weighted by molar-refractivity contribution is -0.170. The third-order valence-corrected chi connectivity index (χ3v) is 3.73. The van der Waals surface area contributed by atoms with Crippen molar-refractivity contribution >= 4 is 23.9 Å². The van der Waals surface area contributed by atoms with Gasteiger partial charge in [-0.15, -0.1) is 0 Å². The van der Waals surface area contributed by atoms with E-state index in [9.17, 15) is 19.2 Å². The lowest BCUT2D eigenvalue weighted by Gasteiger charge is -2.19. The second kappa shape index (κ2) is 5.87. The first-order chi connectivity index (χ1) is 11.7. The van der Waals surface area contributed by atoms with Crippen molar-refractivity contribution in [3.05, 3.63) is 35.4 Å². The maximum absolute atomic E-state index is 12.1. The summed E-state index contributed by atoms with van der Waals surface area (Å²) in [5, 5.41) is 3.02. The Morgan fingerprint density at radius 1 is 1.12 bits per heavy atom. The number of alkyl carbamates (subject to hydrolysis) is 1. The van der Waals surface area contributed by atoms with E-state index >= 15 is 0 Å². The molecule has 0 aromatic heterocycles. The average molecular weight is 346 g/mol. The second-order valence-electron chi connectivity index (χ2n) is 6.96. The van der Waals surface area contributed by atoms with Crippen LogP contribution in [0, 0.1) is 5.92 Å². The van der Waals surface area contributed by atoms with Crippen LogP contribution < -0.4 is 5.32 Å². The molecule has 1 aromatic rings. The largest absolute Gasteiger partial charge is 0.444 e. The fourth-order valence-electron chi connectivity index (χ4n) is 2.48. The van der Waals surface area contributed by atoms with Crippen LogP contribution >= 0.6 is 0 Å². The molecule has 1 saturated carbocycles. The van der Waals surface area contributed by atoms with Crippen molar-refractivity contribution in [1.82, 2.24) is 10.4 Å². The minimum Gasteiger partial charge on any atom is -0.444 e. The Morgan fingerprint density at radius 2 is 1.68 bits per heavy atom. The zero-order chi connectivity index (χ0) is 18.4. The summed E-state index contributed by atoms with van der Waals surface area (Å²) in [7, 11) is 0. The molecule has 0 spiro atoms. The zero-order valence-electron chi connectivity index (χ0n) is 14.1. The molecule has 2 atom stereocenters. The predicted octanol–water partition coefficient (Wildman–Crippen LogP) is 1.65. The maximum Gasteiger partial charge on any atom is 0.407 e. The highest BCUT2D eigenvalue weighted by Crippen LogP contribution is 2.33. The lowest BCUT2D eigenvalue weighted by Crippen LogP contribution is -2.37. The van der Waals surface area contributed by atoms with Crippen LogP contribution in [0.1, 0.15) is 47.9 Å². The molecule has 1 N–H and O–H groups in total. The molecule has 0 saturated heterocycles. The molecule has 3 amide bonds. The third-order valence-electron chi connectivity index (χ3n) is 3.73. The highest BCUT2D eigenvalue weighted by atomic mass is 16.7. The van der Waals surface area contributed by atoms with Gasteiger partial charge in [-0.05, 0) is 39.3 Å². The maximum atomic E-state index is 12.1. The van der Waals surface area contributed by atoms with Crippen molar-refractivity contribution < 1.29 is 28.8 Å². The fraction of sp³-hybridized carbons (Fsp3) is 0.412. The van der Waals surface area contributed by atoms with Gasteiger partial charge < -0.3 is 14.9 Å². The Bertz CT molecular complexity index is 732. The number of hydroxylamine groups is 2. The standard InChI is InChI=1S/C17H18N2O6/c1-17(2,3)24-16(23)18-12-8-11(12)15(22)25-19-13(20)9-6-4-5-7-10(9)14(19)21/h4-7,11-12H,8H2,1-3H3,(H,18,23)/t11-,12-/m1/s1. The molecule has 132 valence electrons. The number of imide groups is 1. The number of rotatable bonds is 3. The van der Waals surface area contributed by atoms with Gasteiger partial charge in [0.25, 0.3) is 11.8 Å². The van der Waals surface area contributed by atoms with Crippen molar-refractivity contribution in [3.8, 4) is 0 Å². The highest BCUT2D eigenvalue weighted by molar-refractivity contribution is 6.20. The molecule has 8 nitrogen and oxygen atoms in total. The van der Waals surface area contributed by atoms with E-state index in [0.717, 1.165) is 0 Å². The number of hydrogen-bond acceptors (Lipinski definition) is 6. The van der Waals surface area contributed by atoms with Gasteiger partial charge in [-0.2, -0.15) is 0 Å². The van der Waals surface area contributed by atoms with E-state index in [0.29, 0.717) is 11.5 Å². The number of hydrogen-bond donors (Lipinski definition) is 1. The molecule has 0 radical (unpaired) electrons. The van der Waals surface area contributed by atoms with Crippen molar-refractivity contribution in [3.63, 3.8) is 0 Å². The summed E-state index contributed by atoms with van der Waals surface area (Å²) in [6.07, 6.45) is -0.269. The number of ether oxygens (including phenoxy) is 1. The van der Waals surface area contributed by atoms with Crippen molar-refractivity contribution in [1.29, 1.82) is 0 Å². The highest BCUT2D eigenvalue weighted by Gasteiger charge is 2.49. The van der Waals surface area contributed by atoms with Gasteiger partial charge in [0.05, 0.1) is 17.0 Å². The van der Waals surface area contributed by atoms with Gasteiger partial charge in [0, 0.05) is 6.04 Å². The van der Waals surface area contributed by atoms with E-state index < -0.39 is 41.4 Å². The molecule has 2 aliphatic rings. The average Bonchev–Trinajstić information content (AvgIpc) is 3.23. The molecule has 1 aliphatic carbocycles. The van der Waals surface area contributed by atoms with Crippen LogP contribution in [-0.2, 0) is 14.4 Å². The smallest absolute Gasteiger partial charge is 0.407 e. The minimum absolute atomic E-state index is 0.194. The zero-order valence-corrected chi connectivity index (χ0v) is 14.1. The number of fused-ring (bicyclic) bond motifs is 1. The second-order valence-corrected chi connectivity index (χ2v) is 6.96. The molecule has 0 bridgehead atoms. The topological polar surface area (TPSA) is 102 Å². The fourth-order valence-corrected chi connectivity index (χ4v) is 2.48. The van der Waals surface area contributed by atoms with Gasteiger partial charge in [-0.25, -0.2) is 9.59 Å². The predicted molar refractivity (Wildman–Crippen MR) is 84.3 cm³/mol. The van der Waals surface area contributed by atoms with E-state index in [4.69, 9.17) is 9.57 Å². The molecule has 1 aromatic carbocycles. The van der Waals surface area contributed by atoms with Crippen molar-refractivity contribution in [2.45, 2.75) is 38.8 Å². The number of amides is 3. The molecule has 1 aliphatic heterocycles. The molecule has 1 fully saturated rings. The monoisotopic (exact) mass is 346 g/mol. The summed E-state index contributed by atoms with van der Waals surface area (Å²) in [5.74, 6) is -2.70. The number of nitrogens with one attached hydrogen (secondary N) is 1. The minimum atomic E-state index is -0.740. The Morgan fingerprint density at radius 3 is 2.20 bits per heavy atom. The number of nitrogens with zero attached hydrogens (tertiary/aromatic N) is 1. The quantitative estimate of drug-likeness (QED) is 0.835. The molecule has 1 heterocycles. The lowest BCUT2D eigenvalue weighted by atomic mass is 10.1. The summed E-state index contributed by atoms with van der Waals surface area (Å²) >= 11 is 0. The van der Waals surface area contributed by atoms with Crippen LogP contribution in [0.3, 0.4) is 0 Å². The van der Waals surface area contributed by atoms with Crippen LogP contribution in [-0.4, -0.2) is 40.6 Å². The molecule has 0 unspecified atom stereocenters. The van der Waals surface area contributed by atoms with Crippen LogP contribution in [0.2, 0.25) is 0 Å². The van der Waals surface area contributed by atoms with Crippen LogP contribution in [0.15, 0.2) is 24.3 Å². The van der Waals surface area contributed by atoms with E-state index in [1.807, 2.05) is 0 Å². The number of carbonyl (C=O) groups is 4. The Labute approximate surface area is 144 Å². The van der Waals surface area contributed by atoms with Gasteiger partial charge in [-0.3, -0.25) is 9.59 Å². The Balaban J connectivity index is 1.56. The van der Waals surface area contributed by atoms with Crippen LogP contribution in [0.4, 0.5) is 4.79 Å². The first-order valence-corrected chi connectivity index (χ1v) is 7.86. The molecule has 8 heteroatoms. The van der Waals surface area contributed by atoms with E-state index in [2.05, 4.69) is 5.32 Å². The van der Waals surface area contributed by atoms with E-state index in [1.54, 1.807) is 32.9 Å². The van der Waals surface area contributed by atoms with Gasteiger partial charge in [0.15, 0.2) is 0 Å². The molecular formula is C17H18N2O6. The summed E-state index contributed by atoms with van der Waals surface area (Å²) in [6.45, 7) is 5.19. The van der Waals surface area contributed by atoms with Crippen molar-refractivity contribution in [2.24, 2.45) is 5.92 Å². The number of carbonyl (C=O) groups excluding carboxylic acids is 4. The third kappa shape index (κ3) is 3.47. The summed E-state index contributed by atoms with van der Waals surface area (Å²) in [5.41, 5.74) is -0.256. The normalized spacial score (nSPS) is 21.6. The first kappa shape index (κ1) is 16.9. The molecular weight excluding hydrogens is 328 g/mol. The summed E-state index contributed by atoms with van der Waals surface area (Å²) < 4.78 is 5.11. The summed E-state index contributed by atoms with van der Waals surface area (Å²) in [4.78, 5) is 53.0. The van der Waals surface area contributed by atoms with Gasteiger partial charge in [0.2, 0.25) is 0 Å². The van der Waals surface area contributed by atoms with E-state index in [1.165, 1.54) is 12.1 Å². The van der Waals surface area contributed by atoms with Crippen LogP contribution in [0.5, 0.6) is 0 Å². The van der Waals surface area contributed by atoms with Gasteiger partial charge >= 0.3 is 12.1 Å². The summed E-state index contributed by atoms with van der Waals surface area (Å²) in [6, 6.07) is 5.80. The number of benzene rings is 1. The Kier molecular flexibility index (Phi) is 3.98. The SMILES string of the molecule is CC(C)(C)OC(=O)N[C@@H]1C[C@H]1C(=O)ON1C(=O)c2ccccc2C1=O. The van der Waals surface area contributed by atoms with E-state index in [-0.39, 0.29) is 11.1 Å². The molecule has 25 heavy (non-hydrogen) atoms. The van der Waals surface area contributed by atoms with Gasteiger partial charge in [0.1, 0.15) is 5.60 Å². The first-order valence-electron chi connectivity index (χ1n) is 7.86.